The maximum Gasteiger partial charge on any atom is 0.235 e. The predicted molar refractivity (Wildman–Crippen MR) is 95.4 cm³/mol. The van der Waals surface area contributed by atoms with Crippen LogP contribution in [0, 0.1) is 6.92 Å². The number of nitrogens with zero attached hydrogens (tertiary/aromatic N) is 3. The fourth-order valence-corrected chi connectivity index (χ4v) is 3.35. The number of aromatic nitrogens is 3. The molecule has 0 aliphatic heterocycles. The Morgan fingerprint density at radius 2 is 1.75 bits per heavy atom. The lowest BCUT2D eigenvalue weighted by Crippen LogP contribution is -2.19. The summed E-state index contributed by atoms with van der Waals surface area (Å²) in [5.74, 6) is 0.361. The summed E-state index contributed by atoms with van der Waals surface area (Å²) in [7, 11) is 1.89. The molecule has 6 heteroatoms. The van der Waals surface area contributed by atoms with Crippen molar-refractivity contribution in [3.8, 4) is 11.4 Å². The lowest BCUT2D eigenvalue weighted by molar-refractivity contribution is -0.117. The zero-order valence-electron chi connectivity index (χ0n) is 13.5. The lowest BCUT2D eigenvalue weighted by atomic mass is 10.1. The van der Waals surface area contributed by atoms with Crippen LogP contribution >= 0.6 is 11.8 Å². The molecule has 0 saturated heterocycles. The van der Waals surface area contributed by atoms with Gasteiger partial charge in [-0.05, 0) is 12.5 Å². The fourth-order valence-electron chi connectivity index (χ4n) is 2.40. The average Bonchev–Trinajstić information content (AvgIpc) is 2.94. The van der Waals surface area contributed by atoms with Crippen LogP contribution in [-0.2, 0) is 11.8 Å². The van der Waals surface area contributed by atoms with Crippen LogP contribution in [-0.4, -0.2) is 20.7 Å². The Hall–Kier alpha value is -2.60. The molecule has 1 atom stereocenters. The van der Waals surface area contributed by atoms with E-state index in [0.29, 0.717) is 5.16 Å². The molecule has 1 heterocycles. The van der Waals surface area contributed by atoms with E-state index in [2.05, 4.69) is 10.2 Å². The molecule has 122 valence electrons. The van der Waals surface area contributed by atoms with Crippen LogP contribution < -0.4 is 5.73 Å². The number of carbonyl (C=O) groups is 1. The van der Waals surface area contributed by atoms with Gasteiger partial charge in [-0.25, -0.2) is 0 Å². The van der Waals surface area contributed by atoms with E-state index in [9.17, 15) is 4.79 Å². The van der Waals surface area contributed by atoms with Gasteiger partial charge in [-0.15, -0.1) is 10.2 Å². The average molecular weight is 338 g/mol. The third-order valence-electron chi connectivity index (χ3n) is 3.73. The zero-order valence-corrected chi connectivity index (χ0v) is 14.3. The van der Waals surface area contributed by atoms with Crippen molar-refractivity contribution in [2.24, 2.45) is 12.8 Å². The second-order valence-electron chi connectivity index (χ2n) is 5.54. The third-order valence-corrected chi connectivity index (χ3v) is 5.04. The normalized spacial score (nSPS) is 12.1. The minimum absolute atomic E-state index is 0.397. The van der Waals surface area contributed by atoms with Crippen molar-refractivity contribution >= 4 is 17.7 Å². The van der Waals surface area contributed by atoms with Crippen LogP contribution in [0.5, 0.6) is 0 Å². The largest absolute Gasteiger partial charge is 0.368 e. The van der Waals surface area contributed by atoms with Crippen molar-refractivity contribution in [3.05, 3.63) is 65.7 Å². The van der Waals surface area contributed by atoms with Gasteiger partial charge in [0.25, 0.3) is 0 Å². The van der Waals surface area contributed by atoms with Crippen LogP contribution in [0.2, 0.25) is 0 Å². The minimum Gasteiger partial charge on any atom is -0.368 e. The fraction of sp³-hybridized carbons (Fsp3) is 0.167. The summed E-state index contributed by atoms with van der Waals surface area (Å²) in [6.45, 7) is 2.04. The third kappa shape index (κ3) is 3.33. The number of hydrogen-bond donors (Lipinski definition) is 1. The first-order valence-corrected chi connectivity index (χ1v) is 8.41. The van der Waals surface area contributed by atoms with E-state index >= 15 is 0 Å². The SMILES string of the molecule is Cc1ccc(-c2nnc(SC(C(N)=O)c3ccccc3)n2C)cc1. The van der Waals surface area contributed by atoms with Crippen LogP contribution in [0.1, 0.15) is 16.4 Å². The van der Waals surface area contributed by atoms with Crippen molar-refractivity contribution in [3.63, 3.8) is 0 Å². The Labute approximate surface area is 144 Å². The summed E-state index contributed by atoms with van der Waals surface area (Å²) in [6.07, 6.45) is 0. The number of hydrogen-bond acceptors (Lipinski definition) is 4. The van der Waals surface area contributed by atoms with Gasteiger partial charge in [0.1, 0.15) is 5.25 Å². The van der Waals surface area contributed by atoms with Gasteiger partial charge in [0.2, 0.25) is 5.91 Å². The number of primary amides is 1. The van der Waals surface area contributed by atoms with Crippen molar-refractivity contribution in [2.45, 2.75) is 17.3 Å². The van der Waals surface area contributed by atoms with E-state index in [1.165, 1.54) is 17.3 Å². The van der Waals surface area contributed by atoms with Gasteiger partial charge >= 0.3 is 0 Å². The Balaban J connectivity index is 1.90. The summed E-state index contributed by atoms with van der Waals surface area (Å²) in [5.41, 5.74) is 8.61. The molecular weight excluding hydrogens is 320 g/mol. The predicted octanol–water partition coefficient (Wildman–Crippen LogP) is 3.11. The van der Waals surface area contributed by atoms with Gasteiger partial charge < -0.3 is 10.3 Å². The molecule has 24 heavy (non-hydrogen) atoms. The van der Waals surface area contributed by atoms with Crippen molar-refractivity contribution in [2.75, 3.05) is 0 Å². The van der Waals surface area contributed by atoms with E-state index in [0.717, 1.165) is 17.0 Å². The first kappa shape index (κ1) is 16.3. The Bertz CT molecular complexity index is 843. The second kappa shape index (κ2) is 6.88. The van der Waals surface area contributed by atoms with Gasteiger partial charge in [-0.2, -0.15) is 0 Å². The molecule has 0 saturated carbocycles. The van der Waals surface area contributed by atoms with Gasteiger partial charge in [0.15, 0.2) is 11.0 Å². The smallest absolute Gasteiger partial charge is 0.235 e. The molecule has 0 fully saturated rings. The number of rotatable bonds is 5. The monoisotopic (exact) mass is 338 g/mol. The van der Waals surface area contributed by atoms with Crippen molar-refractivity contribution < 1.29 is 4.79 Å². The van der Waals surface area contributed by atoms with E-state index in [1.807, 2.05) is 73.1 Å². The van der Waals surface area contributed by atoms with Crippen LogP contribution in [0.4, 0.5) is 0 Å². The first-order valence-electron chi connectivity index (χ1n) is 7.53. The number of thioether (sulfide) groups is 1. The van der Waals surface area contributed by atoms with E-state index in [1.54, 1.807) is 0 Å². The molecule has 2 N–H and O–H groups in total. The molecule has 0 spiro atoms. The number of amides is 1. The minimum atomic E-state index is -0.500. The number of benzene rings is 2. The summed E-state index contributed by atoms with van der Waals surface area (Å²) in [4.78, 5) is 11.9. The molecular formula is C18H18N4OS. The molecule has 1 aromatic heterocycles. The van der Waals surface area contributed by atoms with Crippen molar-refractivity contribution in [1.82, 2.24) is 14.8 Å². The highest BCUT2D eigenvalue weighted by Gasteiger charge is 2.23. The summed E-state index contributed by atoms with van der Waals surface area (Å²) >= 11 is 1.31. The van der Waals surface area contributed by atoms with Crippen LogP contribution in [0.15, 0.2) is 59.8 Å². The standard InChI is InChI=1S/C18H18N4OS/c1-12-8-10-14(11-9-12)17-20-21-18(22(17)2)24-15(16(19)23)13-6-4-3-5-7-13/h3-11,15H,1-2H3,(H2,19,23). The summed E-state index contributed by atoms with van der Waals surface area (Å²) in [5, 5.41) is 8.64. The molecule has 1 unspecified atom stereocenters. The zero-order chi connectivity index (χ0) is 17.1. The van der Waals surface area contributed by atoms with Gasteiger partial charge in [0.05, 0.1) is 0 Å². The Kier molecular flexibility index (Phi) is 4.66. The maximum atomic E-state index is 11.9. The summed E-state index contributed by atoms with van der Waals surface area (Å²) in [6, 6.07) is 17.6. The lowest BCUT2D eigenvalue weighted by Gasteiger charge is -2.12. The van der Waals surface area contributed by atoms with Crippen LogP contribution in [0.3, 0.4) is 0 Å². The Morgan fingerprint density at radius 3 is 2.38 bits per heavy atom. The molecule has 3 rings (SSSR count). The van der Waals surface area contributed by atoms with Gasteiger partial charge in [-0.1, -0.05) is 71.9 Å². The number of aryl methyl sites for hydroxylation is 1. The topological polar surface area (TPSA) is 73.8 Å². The molecule has 0 aliphatic carbocycles. The van der Waals surface area contributed by atoms with Crippen molar-refractivity contribution in [1.29, 1.82) is 0 Å². The van der Waals surface area contributed by atoms with E-state index in [-0.39, 0.29) is 0 Å². The molecule has 2 aromatic carbocycles. The Morgan fingerprint density at radius 1 is 1.08 bits per heavy atom. The molecule has 0 radical (unpaired) electrons. The summed E-state index contributed by atoms with van der Waals surface area (Å²) < 4.78 is 1.88. The van der Waals surface area contributed by atoms with Gasteiger partial charge in [-0.3, -0.25) is 4.79 Å². The van der Waals surface area contributed by atoms with Crippen LogP contribution in [0.25, 0.3) is 11.4 Å². The maximum absolute atomic E-state index is 11.9. The van der Waals surface area contributed by atoms with E-state index in [4.69, 9.17) is 5.73 Å². The molecule has 0 bridgehead atoms. The molecule has 5 nitrogen and oxygen atoms in total. The second-order valence-corrected chi connectivity index (χ2v) is 6.61. The molecule has 3 aromatic rings. The highest BCUT2D eigenvalue weighted by atomic mass is 32.2. The number of carbonyl (C=O) groups excluding carboxylic acids is 1. The molecule has 0 aliphatic rings. The highest BCUT2D eigenvalue weighted by molar-refractivity contribution is 8.00. The molecule has 1 amide bonds. The van der Waals surface area contributed by atoms with E-state index < -0.39 is 11.2 Å². The van der Waals surface area contributed by atoms with Gasteiger partial charge in [0, 0.05) is 12.6 Å². The quantitative estimate of drug-likeness (QED) is 0.726. The number of nitrogens with two attached hydrogens (primary N) is 1. The first-order chi connectivity index (χ1) is 11.6. The highest BCUT2D eigenvalue weighted by Crippen LogP contribution is 2.35.